The maximum absolute atomic E-state index is 6.58. The monoisotopic (exact) mass is 414 g/mol. The first-order chi connectivity index (χ1) is 13.6. The van der Waals surface area contributed by atoms with E-state index in [1.54, 1.807) is 7.11 Å². The Kier molecular flexibility index (Phi) is 8.20. The van der Waals surface area contributed by atoms with Gasteiger partial charge in [0.05, 0.1) is 7.11 Å². The first kappa shape index (κ1) is 23.3. The summed E-state index contributed by atoms with van der Waals surface area (Å²) in [6, 6.07) is 14.4. The largest absolute Gasteiger partial charge is 0.543 e. The van der Waals surface area contributed by atoms with Crippen molar-refractivity contribution in [3.05, 3.63) is 53.6 Å². The molecule has 0 spiro atoms. The summed E-state index contributed by atoms with van der Waals surface area (Å²) in [5.41, 5.74) is 2.41. The van der Waals surface area contributed by atoms with Crippen LogP contribution in [0.1, 0.15) is 58.1 Å². The lowest BCUT2D eigenvalue weighted by molar-refractivity contribution is 0.304. The van der Waals surface area contributed by atoms with E-state index < -0.39 is 8.32 Å². The van der Waals surface area contributed by atoms with Gasteiger partial charge in [-0.05, 0) is 66.4 Å². The molecule has 160 valence electrons. The second-order valence-corrected chi connectivity index (χ2v) is 14.0. The van der Waals surface area contributed by atoms with Crippen molar-refractivity contribution in [2.24, 2.45) is 0 Å². The number of ether oxygens (including phenoxy) is 2. The molecule has 0 aliphatic carbocycles. The number of hydrogen-bond donors (Lipinski definition) is 0. The molecule has 0 aliphatic heterocycles. The van der Waals surface area contributed by atoms with Crippen LogP contribution in [0.15, 0.2) is 42.5 Å². The number of hydrogen-bond acceptors (Lipinski definition) is 3. The molecule has 0 unspecified atom stereocenters. The number of methoxy groups -OCH3 is 1. The molecule has 0 bridgehead atoms. The van der Waals surface area contributed by atoms with Gasteiger partial charge in [-0.2, -0.15) is 0 Å². The number of benzene rings is 2. The predicted octanol–water partition coefficient (Wildman–Crippen LogP) is 7.39. The van der Waals surface area contributed by atoms with Gasteiger partial charge in [0.1, 0.15) is 23.9 Å². The number of rotatable bonds is 10. The molecule has 0 N–H and O–H groups in total. The molecule has 2 rings (SSSR count). The van der Waals surface area contributed by atoms with Gasteiger partial charge in [-0.25, -0.2) is 0 Å². The predicted molar refractivity (Wildman–Crippen MR) is 125 cm³/mol. The topological polar surface area (TPSA) is 27.7 Å². The Morgan fingerprint density at radius 2 is 1.48 bits per heavy atom. The van der Waals surface area contributed by atoms with Crippen molar-refractivity contribution in [2.75, 3.05) is 7.11 Å². The first-order valence-electron chi connectivity index (χ1n) is 10.7. The molecule has 0 heterocycles. The average molecular weight is 415 g/mol. The highest BCUT2D eigenvalue weighted by Crippen LogP contribution is 2.38. The van der Waals surface area contributed by atoms with E-state index in [4.69, 9.17) is 13.9 Å². The van der Waals surface area contributed by atoms with Gasteiger partial charge in [-0.3, -0.25) is 0 Å². The maximum atomic E-state index is 6.58. The Balaban J connectivity index is 2.18. The lowest BCUT2D eigenvalue weighted by Crippen LogP contribution is -2.43. The van der Waals surface area contributed by atoms with Gasteiger partial charge >= 0.3 is 0 Å². The van der Waals surface area contributed by atoms with Crippen molar-refractivity contribution in [3.63, 3.8) is 0 Å². The van der Waals surface area contributed by atoms with E-state index >= 15 is 0 Å². The van der Waals surface area contributed by atoms with E-state index in [1.165, 1.54) is 24.8 Å². The van der Waals surface area contributed by atoms with Crippen LogP contribution in [-0.2, 0) is 13.0 Å². The summed E-state index contributed by atoms with van der Waals surface area (Å²) in [4.78, 5) is 0. The fourth-order valence-corrected chi connectivity index (χ4v) is 3.85. The zero-order chi connectivity index (χ0) is 21.5. The minimum absolute atomic E-state index is 0.162. The highest BCUT2D eigenvalue weighted by Gasteiger charge is 2.39. The van der Waals surface area contributed by atoms with E-state index in [0.717, 1.165) is 29.2 Å². The Morgan fingerprint density at radius 3 is 2.07 bits per heavy atom. The number of unbranched alkanes of at least 4 members (excludes halogenated alkanes) is 2. The third-order valence-electron chi connectivity index (χ3n) is 5.75. The van der Waals surface area contributed by atoms with Gasteiger partial charge in [0.25, 0.3) is 0 Å². The van der Waals surface area contributed by atoms with Crippen molar-refractivity contribution in [3.8, 4) is 17.2 Å². The molecular formula is C25H38O3Si. The van der Waals surface area contributed by atoms with Crippen LogP contribution in [0.25, 0.3) is 0 Å². The van der Waals surface area contributed by atoms with E-state index in [2.05, 4.69) is 52.9 Å². The van der Waals surface area contributed by atoms with Crippen molar-refractivity contribution in [1.29, 1.82) is 0 Å². The Morgan fingerprint density at radius 1 is 0.828 bits per heavy atom. The van der Waals surface area contributed by atoms with E-state index in [9.17, 15) is 0 Å². The summed E-state index contributed by atoms with van der Waals surface area (Å²) >= 11 is 0. The van der Waals surface area contributed by atoms with Crippen LogP contribution < -0.4 is 13.9 Å². The van der Waals surface area contributed by atoms with Crippen molar-refractivity contribution in [1.82, 2.24) is 0 Å². The number of aryl methyl sites for hydroxylation is 1. The fraction of sp³-hybridized carbons (Fsp3) is 0.520. The van der Waals surface area contributed by atoms with Gasteiger partial charge in [0.2, 0.25) is 8.32 Å². The van der Waals surface area contributed by atoms with Crippen LogP contribution in [0.3, 0.4) is 0 Å². The summed E-state index contributed by atoms with van der Waals surface area (Å²) in [7, 11) is -0.217. The van der Waals surface area contributed by atoms with Crippen LogP contribution in [0, 0.1) is 0 Å². The smallest absolute Gasteiger partial charge is 0.250 e. The summed E-state index contributed by atoms with van der Waals surface area (Å²) < 4.78 is 18.0. The van der Waals surface area contributed by atoms with Crippen LogP contribution >= 0.6 is 0 Å². The lowest BCUT2D eigenvalue weighted by Gasteiger charge is -2.36. The van der Waals surface area contributed by atoms with Crippen molar-refractivity contribution < 1.29 is 13.9 Å². The molecule has 4 heteroatoms. The normalized spacial score (nSPS) is 12.0. The molecular weight excluding hydrogens is 376 g/mol. The molecule has 0 atom stereocenters. The minimum Gasteiger partial charge on any atom is -0.543 e. The average Bonchev–Trinajstić information content (AvgIpc) is 2.65. The highest BCUT2D eigenvalue weighted by molar-refractivity contribution is 6.74. The summed E-state index contributed by atoms with van der Waals surface area (Å²) in [6.07, 6.45) is 4.72. The van der Waals surface area contributed by atoms with Crippen LogP contribution in [0.5, 0.6) is 17.2 Å². The third-order valence-corrected chi connectivity index (χ3v) is 10.1. The molecule has 0 aromatic heterocycles. The molecule has 2 aromatic carbocycles. The molecule has 0 saturated carbocycles. The maximum Gasteiger partial charge on any atom is 0.250 e. The molecule has 3 nitrogen and oxygen atoms in total. The summed E-state index contributed by atoms with van der Waals surface area (Å²) in [5, 5.41) is 0.162. The zero-order valence-corrected chi connectivity index (χ0v) is 20.3. The zero-order valence-electron chi connectivity index (χ0n) is 19.3. The standard InChI is InChI=1S/C25H38O3Si/c1-8-9-10-11-21-16-23(27-19-20-12-14-22(26-5)15-13-20)18-24(17-21)28-29(6,7)25(2,3)4/h12-18H,8-11,19H2,1-7H3. The van der Waals surface area contributed by atoms with Gasteiger partial charge in [0, 0.05) is 6.07 Å². The van der Waals surface area contributed by atoms with E-state index in [0.29, 0.717) is 6.61 Å². The fourth-order valence-electron chi connectivity index (χ4n) is 2.83. The summed E-state index contributed by atoms with van der Waals surface area (Å²) in [6.45, 7) is 14.1. The highest BCUT2D eigenvalue weighted by atomic mass is 28.4. The quantitative estimate of drug-likeness (QED) is 0.299. The van der Waals surface area contributed by atoms with Crippen LogP contribution in [0.2, 0.25) is 18.1 Å². The van der Waals surface area contributed by atoms with Crippen molar-refractivity contribution in [2.45, 2.75) is 78.1 Å². The van der Waals surface area contributed by atoms with Crippen LogP contribution in [-0.4, -0.2) is 15.4 Å². The summed E-state index contributed by atoms with van der Waals surface area (Å²) in [5.74, 6) is 2.68. The lowest BCUT2D eigenvalue weighted by atomic mass is 10.1. The minimum atomic E-state index is -1.90. The first-order valence-corrected chi connectivity index (χ1v) is 13.6. The second-order valence-electron chi connectivity index (χ2n) is 9.27. The molecule has 29 heavy (non-hydrogen) atoms. The molecule has 0 aliphatic rings. The Hall–Kier alpha value is -1.94. The van der Waals surface area contributed by atoms with Crippen molar-refractivity contribution >= 4 is 8.32 Å². The van der Waals surface area contributed by atoms with E-state index in [-0.39, 0.29) is 5.04 Å². The van der Waals surface area contributed by atoms with Gasteiger partial charge < -0.3 is 13.9 Å². The third kappa shape index (κ3) is 7.11. The molecule has 2 aromatic rings. The van der Waals surface area contributed by atoms with Gasteiger partial charge in [-0.15, -0.1) is 0 Å². The Labute approximate surface area is 178 Å². The molecule has 0 radical (unpaired) electrons. The molecule has 0 amide bonds. The van der Waals surface area contributed by atoms with Gasteiger partial charge in [0.15, 0.2) is 0 Å². The Bertz CT molecular complexity index is 761. The van der Waals surface area contributed by atoms with Crippen LogP contribution in [0.4, 0.5) is 0 Å². The SMILES string of the molecule is CCCCCc1cc(OCc2ccc(OC)cc2)cc(O[Si](C)(C)C(C)(C)C)c1. The molecule has 0 saturated heterocycles. The van der Waals surface area contributed by atoms with E-state index in [1.807, 2.05) is 30.3 Å². The van der Waals surface area contributed by atoms with Gasteiger partial charge in [-0.1, -0.05) is 52.7 Å². The second kappa shape index (κ2) is 10.2. The molecule has 0 fully saturated rings.